The van der Waals surface area contributed by atoms with Crippen molar-refractivity contribution in [2.45, 2.75) is 39.7 Å². The van der Waals surface area contributed by atoms with Crippen LogP contribution in [0.25, 0.3) is 0 Å². The number of carboxylic acids is 1. The minimum absolute atomic E-state index is 0.0245. The summed E-state index contributed by atoms with van der Waals surface area (Å²) in [6, 6.07) is 0. The minimum Gasteiger partial charge on any atom is -0.481 e. The molecule has 0 spiro atoms. The van der Waals surface area contributed by atoms with Crippen LogP contribution >= 0.6 is 0 Å². The predicted octanol–water partition coefficient (Wildman–Crippen LogP) is 0.827. The number of hydrogen-bond acceptors (Lipinski definition) is 3. The Hall–Kier alpha value is -0.900. The highest BCUT2D eigenvalue weighted by molar-refractivity contribution is 5.76. The molecule has 0 aromatic rings. The van der Waals surface area contributed by atoms with Gasteiger partial charge in [-0.1, -0.05) is 0 Å². The lowest BCUT2D eigenvalue weighted by atomic mass is 9.86. The number of aliphatic carboxylic acids is 1. The first kappa shape index (κ1) is 12.1. The van der Waals surface area contributed by atoms with Gasteiger partial charge in [-0.25, -0.2) is 0 Å². The first-order valence-electron chi connectivity index (χ1n) is 4.16. The lowest BCUT2D eigenvalue weighted by Crippen LogP contribution is -2.29. The van der Waals surface area contributed by atoms with Crippen LogP contribution in [0.2, 0.25) is 0 Å². The van der Waals surface area contributed by atoms with E-state index in [1.807, 2.05) is 0 Å². The molecule has 4 heteroatoms. The van der Waals surface area contributed by atoms with Crippen molar-refractivity contribution in [1.82, 2.24) is 0 Å². The number of carbonyl (C=O) groups excluding carboxylic acids is 1. The second-order valence-corrected chi connectivity index (χ2v) is 3.95. The van der Waals surface area contributed by atoms with Crippen LogP contribution in [0.3, 0.4) is 0 Å². The Bertz CT molecular complexity index is 208. The Morgan fingerprint density at radius 1 is 1.38 bits per heavy atom. The van der Waals surface area contributed by atoms with Crippen molar-refractivity contribution >= 4 is 11.8 Å². The Kier molecular flexibility index (Phi) is 4.07. The summed E-state index contributed by atoms with van der Waals surface area (Å²) in [4.78, 5) is 21.2. The van der Waals surface area contributed by atoms with E-state index in [0.29, 0.717) is 0 Å². The zero-order valence-corrected chi connectivity index (χ0v) is 8.20. The van der Waals surface area contributed by atoms with Crippen molar-refractivity contribution in [2.24, 2.45) is 5.41 Å². The first-order chi connectivity index (χ1) is 5.75. The molecule has 0 heterocycles. The number of hydrogen-bond donors (Lipinski definition) is 2. The largest absolute Gasteiger partial charge is 0.481 e. The smallest absolute Gasteiger partial charge is 0.309 e. The van der Waals surface area contributed by atoms with Gasteiger partial charge in [0.15, 0.2) is 0 Å². The van der Waals surface area contributed by atoms with Crippen molar-refractivity contribution in [2.75, 3.05) is 0 Å². The Labute approximate surface area is 77.6 Å². The van der Waals surface area contributed by atoms with Crippen LogP contribution in [0.15, 0.2) is 0 Å². The zero-order chi connectivity index (χ0) is 10.6. The molecule has 1 unspecified atom stereocenters. The highest BCUT2D eigenvalue weighted by Gasteiger charge is 2.30. The summed E-state index contributed by atoms with van der Waals surface area (Å²) in [5, 5.41) is 18.0. The molecule has 0 bridgehead atoms. The van der Waals surface area contributed by atoms with E-state index in [1.54, 1.807) is 0 Å². The summed E-state index contributed by atoms with van der Waals surface area (Å²) in [5.74, 6) is -1.09. The van der Waals surface area contributed by atoms with Gasteiger partial charge >= 0.3 is 5.97 Å². The lowest BCUT2D eigenvalue weighted by molar-refractivity contribution is -0.149. The molecule has 0 aliphatic carbocycles. The van der Waals surface area contributed by atoms with E-state index in [0.717, 1.165) is 0 Å². The average molecular weight is 188 g/mol. The Morgan fingerprint density at radius 2 is 1.85 bits per heavy atom. The van der Waals surface area contributed by atoms with Gasteiger partial charge in [0.05, 0.1) is 11.5 Å². The number of rotatable bonds is 5. The average Bonchev–Trinajstić information content (AvgIpc) is 1.82. The van der Waals surface area contributed by atoms with Gasteiger partial charge in [-0.2, -0.15) is 0 Å². The maximum absolute atomic E-state index is 10.6. The van der Waals surface area contributed by atoms with Gasteiger partial charge in [-0.05, 0) is 27.2 Å². The van der Waals surface area contributed by atoms with Gasteiger partial charge in [0.1, 0.15) is 5.78 Å². The van der Waals surface area contributed by atoms with Crippen molar-refractivity contribution in [3.63, 3.8) is 0 Å². The molecule has 0 fully saturated rings. The molecular weight excluding hydrogens is 172 g/mol. The van der Waals surface area contributed by atoms with Crippen LogP contribution in [-0.4, -0.2) is 28.1 Å². The Morgan fingerprint density at radius 3 is 2.15 bits per heavy atom. The standard InChI is InChI=1S/C9H16O4/c1-6(10)4-7(11)5-9(2,3)8(12)13/h7,11H,4-5H2,1-3H3,(H,12,13). The summed E-state index contributed by atoms with van der Waals surface area (Å²) >= 11 is 0. The van der Waals surface area contributed by atoms with Gasteiger partial charge in [-0.15, -0.1) is 0 Å². The molecule has 0 aromatic heterocycles. The third-order valence-electron chi connectivity index (χ3n) is 1.85. The van der Waals surface area contributed by atoms with E-state index in [-0.39, 0.29) is 18.6 Å². The fraction of sp³-hybridized carbons (Fsp3) is 0.778. The molecule has 4 nitrogen and oxygen atoms in total. The molecule has 1 atom stereocenters. The van der Waals surface area contributed by atoms with Gasteiger partial charge < -0.3 is 10.2 Å². The summed E-state index contributed by atoms with van der Waals surface area (Å²) in [7, 11) is 0. The highest BCUT2D eigenvalue weighted by atomic mass is 16.4. The second kappa shape index (κ2) is 4.37. The molecule has 0 rings (SSSR count). The monoisotopic (exact) mass is 188 g/mol. The molecule has 0 aliphatic heterocycles. The Balaban J connectivity index is 4.11. The third kappa shape index (κ3) is 4.62. The second-order valence-electron chi connectivity index (χ2n) is 3.95. The quantitative estimate of drug-likeness (QED) is 0.670. The van der Waals surface area contributed by atoms with Crippen LogP contribution in [-0.2, 0) is 9.59 Å². The van der Waals surface area contributed by atoms with E-state index in [9.17, 15) is 14.7 Å². The maximum atomic E-state index is 10.6. The molecule has 2 N–H and O–H groups in total. The van der Waals surface area contributed by atoms with E-state index in [4.69, 9.17) is 5.11 Å². The molecule has 0 aliphatic rings. The molecule has 76 valence electrons. The van der Waals surface area contributed by atoms with Crippen molar-refractivity contribution in [3.8, 4) is 0 Å². The normalized spacial score (nSPS) is 13.8. The van der Waals surface area contributed by atoms with E-state index in [1.165, 1.54) is 20.8 Å². The zero-order valence-electron chi connectivity index (χ0n) is 8.20. The summed E-state index contributed by atoms with van der Waals surface area (Å²) in [6.07, 6.45) is -0.734. The number of carboxylic acid groups (broad SMARTS) is 1. The molecule has 0 saturated carbocycles. The van der Waals surface area contributed by atoms with Crippen LogP contribution in [0.4, 0.5) is 0 Å². The molecule has 13 heavy (non-hydrogen) atoms. The van der Waals surface area contributed by atoms with Crippen molar-refractivity contribution in [3.05, 3.63) is 0 Å². The lowest BCUT2D eigenvalue weighted by Gasteiger charge is -2.21. The van der Waals surface area contributed by atoms with Crippen LogP contribution in [0.5, 0.6) is 0 Å². The van der Waals surface area contributed by atoms with Gasteiger partial charge in [0.2, 0.25) is 0 Å². The van der Waals surface area contributed by atoms with Crippen molar-refractivity contribution in [1.29, 1.82) is 0 Å². The summed E-state index contributed by atoms with van der Waals surface area (Å²) in [6.45, 7) is 4.42. The van der Waals surface area contributed by atoms with Crippen LogP contribution in [0, 0.1) is 5.41 Å². The van der Waals surface area contributed by atoms with Gasteiger partial charge in [-0.3, -0.25) is 9.59 Å². The predicted molar refractivity (Wildman–Crippen MR) is 47.3 cm³/mol. The molecule has 0 saturated heterocycles. The van der Waals surface area contributed by atoms with Gasteiger partial charge in [0.25, 0.3) is 0 Å². The third-order valence-corrected chi connectivity index (χ3v) is 1.85. The molecule has 0 aromatic carbocycles. The SMILES string of the molecule is CC(=O)CC(O)CC(C)(C)C(=O)O. The molecule has 0 amide bonds. The number of carbonyl (C=O) groups is 2. The van der Waals surface area contributed by atoms with Crippen LogP contribution in [0.1, 0.15) is 33.6 Å². The van der Waals surface area contributed by atoms with E-state index >= 15 is 0 Å². The molecular formula is C9H16O4. The highest BCUT2D eigenvalue weighted by Crippen LogP contribution is 2.23. The first-order valence-corrected chi connectivity index (χ1v) is 4.16. The van der Waals surface area contributed by atoms with Gasteiger partial charge in [0, 0.05) is 6.42 Å². The topological polar surface area (TPSA) is 74.6 Å². The fourth-order valence-corrected chi connectivity index (χ4v) is 1.08. The maximum Gasteiger partial charge on any atom is 0.309 e. The number of ketones is 1. The van der Waals surface area contributed by atoms with Crippen molar-refractivity contribution < 1.29 is 19.8 Å². The summed E-state index contributed by atoms with van der Waals surface area (Å²) in [5.41, 5.74) is -0.977. The molecule has 0 radical (unpaired) electrons. The van der Waals surface area contributed by atoms with Crippen LogP contribution < -0.4 is 0 Å². The number of aliphatic hydroxyl groups is 1. The fourth-order valence-electron chi connectivity index (χ4n) is 1.08. The number of aliphatic hydroxyl groups excluding tert-OH is 1. The number of Topliss-reactive ketones (excluding diaryl/α,β-unsaturated/α-hetero) is 1. The van der Waals surface area contributed by atoms with E-state index in [2.05, 4.69) is 0 Å². The minimum atomic E-state index is -0.977. The van der Waals surface area contributed by atoms with E-state index < -0.39 is 17.5 Å². The summed E-state index contributed by atoms with van der Waals surface area (Å²) < 4.78 is 0.